The van der Waals surface area contributed by atoms with E-state index in [-0.39, 0.29) is 17.6 Å². The first kappa shape index (κ1) is 19.9. The lowest BCUT2D eigenvalue weighted by atomic mass is 9.97. The first-order chi connectivity index (χ1) is 14.7. The topological polar surface area (TPSA) is 80.5 Å². The molecule has 1 aliphatic rings. The molecule has 0 spiro atoms. The van der Waals surface area contributed by atoms with Gasteiger partial charge in [-0.1, -0.05) is 0 Å². The maximum atomic E-state index is 12.9. The molecule has 4 rings (SSSR count). The van der Waals surface area contributed by atoms with Crippen molar-refractivity contribution in [1.29, 1.82) is 0 Å². The smallest absolute Gasteiger partial charge is 0.225 e. The highest BCUT2D eigenvalue weighted by molar-refractivity contribution is 5.79. The van der Waals surface area contributed by atoms with Crippen LogP contribution in [0.1, 0.15) is 12.8 Å². The van der Waals surface area contributed by atoms with Gasteiger partial charge in [-0.25, -0.2) is 4.39 Å². The summed E-state index contributed by atoms with van der Waals surface area (Å²) in [5.74, 6) is 1.58. The average molecular weight is 410 g/mol. The minimum Gasteiger partial charge on any atom is -0.492 e. The molecule has 0 saturated carbocycles. The Kier molecular flexibility index (Phi) is 6.22. The number of hydrogen-bond acceptors (Lipinski definition) is 6. The molecule has 0 unspecified atom stereocenters. The van der Waals surface area contributed by atoms with Gasteiger partial charge in [-0.2, -0.15) is 0 Å². The Labute approximate surface area is 173 Å². The Hall–Kier alpha value is -3.42. The third kappa shape index (κ3) is 4.94. The third-order valence-corrected chi connectivity index (χ3v) is 5.02. The predicted octanol–water partition coefficient (Wildman–Crippen LogP) is 3.29. The average Bonchev–Trinajstić information content (AvgIpc) is 3.33. The van der Waals surface area contributed by atoms with E-state index in [1.807, 2.05) is 24.3 Å². The summed E-state index contributed by atoms with van der Waals surface area (Å²) >= 11 is 0. The zero-order valence-electron chi connectivity index (χ0n) is 16.5. The van der Waals surface area contributed by atoms with E-state index in [1.165, 1.54) is 12.1 Å². The first-order valence-electron chi connectivity index (χ1n) is 9.98. The third-order valence-electron chi connectivity index (χ3n) is 5.02. The summed E-state index contributed by atoms with van der Waals surface area (Å²) < 4.78 is 23.7. The van der Waals surface area contributed by atoms with E-state index in [1.54, 1.807) is 18.4 Å². The van der Waals surface area contributed by atoms with Crippen molar-refractivity contribution in [3.63, 3.8) is 0 Å². The second kappa shape index (κ2) is 9.39. The van der Waals surface area contributed by atoms with Gasteiger partial charge in [0.1, 0.15) is 23.9 Å². The Balaban J connectivity index is 1.25. The Morgan fingerprint density at radius 2 is 2.07 bits per heavy atom. The number of nitrogens with zero attached hydrogens (tertiary/aromatic N) is 3. The quantitative estimate of drug-likeness (QED) is 0.602. The number of halogens is 1. The summed E-state index contributed by atoms with van der Waals surface area (Å²) in [5, 5.41) is 11.5. The number of amides is 1. The summed E-state index contributed by atoms with van der Waals surface area (Å²) in [6.45, 7) is 2.16. The van der Waals surface area contributed by atoms with Gasteiger partial charge in [0.25, 0.3) is 0 Å². The van der Waals surface area contributed by atoms with Gasteiger partial charge in [0, 0.05) is 13.1 Å². The zero-order chi connectivity index (χ0) is 20.8. The van der Waals surface area contributed by atoms with Crippen LogP contribution in [-0.2, 0) is 4.79 Å². The molecule has 8 heteroatoms. The van der Waals surface area contributed by atoms with Gasteiger partial charge in [-0.05, 0) is 61.4 Å². The largest absolute Gasteiger partial charge is 0.492 e. The van der Waals surface area contributed by atoms with Crippen LogP contribution in [0.25, 0.3) is 11.5 Å². The highest BCUT2D eigenvalue weighted by Gasteiger charge is 2.26. The number of ether oxygens (including phenoxy) is 1. The summed E-state index contributed by atoms with van der Waals surface area (Å²) in [4.78, 5) is 14.6. The number of nitrogens with one attached hydrogen (secondary N) is 1. The Morgan fingerprint density at radius 1 is 1.20 bits per heavy atom. The SMILES string of the molecule is O=C(NCCOc1ccc(F)cc1)[C@@H]1CCCN(c2ccc(-c3ccco3)nn2)C1. The molecule has 0 radical (unpaired) electrons. The lowest BCUT2D eigenvalue weighted by Crippen LogP contribution is -2.44. The highest BCUT2D eigenvalue weighted by Crippen LogP contribution is 2.23. The molecular weight excluding hydrogens is 387 g/mol. The van der Waals surface area contributed by atoms with Gasteiger partial charge in [0.2, 0.25) is 5.91 Å². The Morgan fingerprint density at radius 3 is 2.80 bits per heavy atom. The molecule has 156 valence electrons. The summed E-state index contributed by atoms with van der Waals surface area (Å²) in [5.41, 5.74) is 0.677. The molecule has 0 bridgehead atoms. The van der Waals surface area contributed by atoms with E-state index in [2.05, 4.69) is 20.4 Å². The molecule has 7 nitrogen and oxygen atoms in total. The standard InChI is InChI=1S/C22H23FN4O3/c23-17-5-7-18(8-6-17)29-14-11-24-22(28)16-3-1-12-27(15-16)21-10-9-19(25-26-21)20-4-2-13-30-20/h2,4-10,13,16H,1,3,11-12,14-15H2,(H,24,28)/t16-/m1/s1. The van der Waals surface area contributed by atoms with E-state index in [0.717, 1.165) is 25.2 Å². The molecule has 1 N–H and O–H groups in total. The van der Waals surface area contributed by atoms with Crippen LogP contribution < -0.4 is 15.0 Å². The predicted molar refractivity (Wildman–Crippen MR) is 110 cm³/mol. The summed E-state index contributed by atoms with van der Waals surface area (Å²) in [6.07, 6.45) is 3.34. The fourth-order valence-electron chi connectivity index (χ4n) is 3.47. The molecule has 3 aromatic rings. The van der Waals surface area contributed by atoms with Crippen LogP contribution in [0.5, 0.6) is 5.75 Å². The van der Waals surface area contributed by atoms with Crippen molar-refractivity contribution in [2.45, 2.75) is 12.8 Å². The second-order valence-corrected chi connectivity index (χ2v) is 7.13. The maximum Gasteiger partial charge on any atom is 0.225 e. The fraction of sp³-hybridized carbons (Fsp3) is 0.318. The minimum absolute atomic E-state index is 0.00238. The molecule has 1 atom stereocenters. The van der Waals surface area contributed by atoms with Crippen LogP contribution in [0.2, 0.25) is 0 Å². The number of piperidine rings is 1. The van der Waals surface area contributed by atoms with Gasteiger partial charge in [0.15, 0.2) is 11.6 Å². The van der Waals surface area contributed by atoms with Gasteiger partial charge in [-0.3, -0.25) is 4.79 Å². The number of rotatable bonds is 7. The molecule has 0 aliphatic carbocycles. The molecule has 30 heavy (non-hydrogen) atoms. The van der Waals surface area contributed by atoms with Crippen LogP contribution in [-0.4, -0.2) is 42.3 Å². The van der Waals surface area contributed by atoms with Crippen LogP contribution in [0, 0.1) is 11.7 Å². The number of aromatic nitrogens is 2. The highest BCUT2D eigenvalue weighted by atomic mass is 19.1. The number of anilines is 1. The normalized spacial score (nSPS) is 16.3. The van der Waals surface area contributed by atoms with Gasteiger partial charge >= 0.3 is 0 Å². The summed E-state index contributed by atoms with van der Waals surface area (Å²) in [7, 11) is 0. The molecule has 1 aliphatic heterocycles. The molecular formula is C22H23FN4O3. The van der Waals surface area contributed by atoms with Crippen molar-refractivity contribution in [1.82, 2.24) is 15.5 Å². The number of furan rings is 1. The molecule has 1 amide bonds. The number of benzene rings is 1. The van der Waals surface area contributed by atoms with Crippen molar-refractivity contribution in [3.05, 3.63) is 60.6 Å². The summed E-state index contributed by atoms with van der Waals surface area (Å²) in [6, 6.07) is 13.2. The van der Waals surface area contributed by atoms with E-state index in [0.29, 0.717) is 36.9 Å². The fourth-order valence-corrected chi connectivity index (χ4v) is 3.47. The second-order valence-electron chi connectivity index (χ2n) is 7.13. The van der Waals surface area contributed by atoms with E-state index in [4.69, 9.17) is 9.15 Å². The molecule has 1 aromatic carbocycles. The lowest BCUT2D eigenvalue weighted by molar-refractivity contribution is -0.125. The number of carbonyl (C=O) groups is 1. The maximum absolute atomic E-state index is 12.9. The first-order valence-corrected chi connectivity index (χ1v) is 9.98. The molecule has 3 heterocycles. The van der Waals surface area contributed by atoms with Crippen molar-refractivity contribution < 1.29 is 18.3 Å². The van der Waals surface area contributed by atoms with Crippen LogP contribution >= 0.6 is 0 Å². The number of carbonyl (C=O) groups excluding carboxylic acids is 1. The Bertz CT molecular complexity index is 946. The van der Waals surface area contributed by atoms with Gasteiger partial charge in [0.05, 0.1) is 18.7 Å². The van der Waals surface area contributed by atoms with Crippen molar-refractivity contribution in [3.8, 4) is 17.2 Å². The van der Waals surface area contributed by atoms with E-state index in [9.17, 15) is 9.18 Å². The zero-order valence-corrected chi connectivity index (χ0v) is 16.5. The lowest BCUT2D eigenvalue weighted by Gasteiger charge is -2.32. The van der Waals surface area contributed by atoms with Gasteiger partial charge < -0.3 is 19.4 Å². The van der Waals surface area contributed by atoms with Gasteiger partial charge in [-0.15, -0.1) is 10.2 Å². The van der Waals surface area contributed by atoms with Crippen molar-refractivity contribution >= 4 is 11.7 Å². The number of hydrogen-bond donors (Lipinski definition) is 1. The minimum atomic E-state index is -0.308. The van der Waals surface area contributed by atoms with Crippen LogP contribution in [0.15, 0.2) is 59.2 Å². The van der Waals surface area contributed by atoms with Crippen LogP contribution in [0.4, 0.5) is 10.2 Å². The van der Waals surface area contributed by atoms with E-state index >= 15 is 0 Å². The molecule has 1 saturated heterocycles. The molecule has 1 fully saturated rings. The monoisotopic (exact) mass is 410 g/mol. The molecule has 2 aromatic heterocycles. The van der Waals surface area contributed by atoms with E-state index < -0.39 is 0 Å². The van der Waals surface area contributed by atoms with Crippen LogP contribution in [0.3, 0.4) is 0 Å². The van der Waals surface area contributed by atoms with Crippen molar-refractivity contribution in [2.24, 2.45) is 5.92 Å². The van der Waals surface area contributed by atoms with Crippen molar-refractivity contribution in [2.75, 3.05) is 31.1 Å².